The van der Waals surface area contributed by atoms with Crippen LogP contribution in [0.3, 0.4) is 0 Å². The van der Waals surface area contributed by atoms with Gasteiger partial charge in [-0.25, -0.2) is 4.39 Å². The minimum absolute atomic E-state index is 0.00526. The van der Waals surface area contributed by atoms with Crippen molar-refractivity contribution in [3.05, 3.63) is 35.6 Å². The van der Waals surface area contributed by atoms with Gasteiger partial charge < -0.3 is 4.90 Å². The number of nitrogens with zero attached hydrogens (tertiary/aromatic N) is 1. The molecule has 0 bridgehead atoms. The van der Waals surface area contributed by atoms with Crippen LogP contribution in [-0.2, 0) is 6.42 Å². The number of hydrogen-bond donors (Lipinski definition) is 2. The number of rotatable bonds is 5. The highest BCUT2D eigenvalue weighted by Gasteiger charge is 2.43. The van der Waals surface area contributed by atoms with Crippen LogP contribution in [0.5, 0.6) is 0 Å². The van der Waals surface area contributed by atoms with Crippen molar-refractivity contribution in [3.63, 3.8) is 0 Å². The van der Waals surface area contributed by atoms with E-state index < -0.39 is 0 Å². The van der Waals surface area contributed by atoms with Crippen molar-refractivity contribution in [3.8, 4) is 0 Å². The van der Waals surface area contributed by atoms with Gasteiger partial charge in [0.05, 0.1) is 0 Å². The van der Waals surface area contributed by atoms with Crippen molar-refractivity contribution in [1.82, 2.24) is 10.3 Å². The highest BCUT2D eigenvalue weighted by Crippen LogP contribution is 2.39. The Balaban J connectivity index is 2.26. The van der Waals surface area contributed by atoms with Gasteiger partial charge in [0, 0.05) is 11.6 Å². The molecule has 1 aliphatic carbocycles. The molecule has 0 aromatic heterocycles. The second kappa shape index (κ2) is 6.86. The normalized spacial score (nSPS) is 27.8. The van der Waals surface area contributed by atoms with E-state index in [0.29, 0.717) is 12.3 Å². The quantitative estimate of drug-likeness (QED) is 0.648. The van der Waals surface area contributed by atoms with Gasteiger partial charge in [0.15, 0.2) is 0 Å². The van der Waals surface area contributed by atoms with Crippen LogP contribution in [0.1, 0.15) is 38.2 Å². The minimum atomic E-state index is -0.143. The molecule has 1 aliphatic rings. The fraction of sp³-hybridized carbons (Fsp3) is 0.647. The predicted molar refractivity (Wildman–Crippen MR) is 85.3 cm³/mol. The topological polar surface area (TPSA) is 41.3 Å². The van der Waals surface area contributed by atoms with Gasteiger partial charge in [0.1, 0.15) is 5.82 Å². The molecule has 4 heteroatoms. The van der Waals surface area contributed by atoms with E-state index in [1.165, 1.54) is 18.9 Å². The number of benzene rings is 1. The van der Waals surface area contributed by atoms with Gasteiger partial charge in [0.25, 0.3) is 0 Å². The van der Waals surface area contributed by atoms with E-state index in [9.17, 15) is 4.39 Å². The van der Waals surface area contributed by atoms with Gasteiger partial charge in [-0.15, -0.1) is 0 Å². The molecule has 0 amide bonds. The Labute approximate surface area is 127 Å². The number of hydrogen-bond acceptors (Lipinski definition) is 3. The number of likely N-dealkylation sites (N-methyl/N-ethyl adjacent to an activating group) is 1. The SMILES string of the molecule is CC1CCCC(C(Cc2ccccc2F)NN)(N(C)C)C1. The molecule has 0 radical (unpaired) electrons. The average Bonchev–Trinajstić information content (AvgIpc) is 2.46. The van der Waals surface area contributed by atoms with Crippen LogP contribution in [0.25, 0.3) is 0 Å². The maximum Gasteiger partial charge on any atom is 0.126 e. The second-order valence-corrected chi connectivity index (χ2v) is 6.71. The van der Waals surface area contributed by atoms with Crippen LogP contribution in [0.15, 0.2) is 24.3 Å². The summed E-state index contributed by atoms with van der Waals surface area (Å²) in [7, 11) is 4.23. The number of halogens is 1. The smallest absolute Gasteiger partial charge is 0.126 e. The zero-order chi connectivity index (χ0) is 15.5. The Morgan fingerprint density at radius 3 is 2.71 bits per heavy atom. The van der Waals surface area contributed by atoms with Gasteiger partial charge in [0.2, 0.25) is 0 Å². The van der Waals surface area contributed by atoms with E-state index in [1.807, 2.05) is 12.1 Å². The lowest BCUT2D eigenvalue weighted by Crippen LogP contribution is -2.63. The highest BCUT2D eigenvalue weighted by molar-refractivity contribution is 5.20. The molecule has 118 valence electrons. The summed E-state index contributed by atoms with van der Waals surface area (Å²) in [5.41, 5.74) is 3.71. The van der Waals surface area contributed by atoms with Crippen LogP contribution in [0.4, 0.5) is 4.39 Å². The summed E-state index contributed by atoms with van der Waals surface area (Å²) < 4.78 is 14.0. The zero-order valence-electron chi connectivity index (χ0n) is 13.4. The highest BCUT2D eigenvalue weighted by atomic mass is 19.1. The van der Waals surface area contributed by atoms with Crippen LogP contribution in [-0.4, -0.2) is 30.6 Å². The molecular formula is C17H28FN3. The third-order valence-corrected chi connectivity index (χ3v) is 5.13. The minimum Gasteiger partial charge on any atom is -0.302 e. The fourth-order valence-electron chi connectivity index (χ4n) is 3.89. The Kier molecular flexibility index (Phi) is 5.36. The van der Waals surface area contributed by atoms with Crippen molar-refractivity contribution in [2.45, 2.75) is 50.6 Å². The van der Waals surface area contributed by atoms with E-state index in [-0.39, 0.29) is 17.4 Å². The molecule has 3 nitrogen and oxygen atoms in total. The summed E-state index contributed by atoms with van der Waals surface area (Å²) in [6.45, 7) is 2.30. The summed E-state index contributed by atoms with van der Waals surface area (Å²) in [5, 5.41) is 0. The van der Waals surface area contributed by atoms with Crippen molar-refractivity contribution in [1.29, 1.82) is 0 Å². The second-order valence-electron chi connectivity index (χ2n) is 6.71. The molecule has 1 saturated carbocycles. The monoisotopic (exact) mass is 293 g/mol. The molecule has 3 unspecified atom stereocenters. The van der Waals surface area contributed by atoms with Crippen LogP contribution in [0, 0.1) is 11.7 Å². The molecule has 0 aliphatic heterocycles. The summed E-state index contributed by atoms with van der Waals surface area (Å²) in [6, 6.07) is 7.04. The van der Waals surface area contributed by atoms with E-state index in [2.05, 4.69) is 31.3 Å². The molecule has 2 rings (SSSR count). The Morgan fingerprint density at radius 2 is 2.14 bits per heavy atom. The summed E-state index contributed by atoms with van der Waals surface area (Å²) in [6.07, 6.45) is 5.30. The molecular weight excluding hydrogens is 265 g/mol. The van der Waals surface area contributed by atoms with E-state index in [0.717, 1.165) is 18.4 Å². The van der Waals surface area contributed by atoms with Crippen molar-refractivity contribution >= 4 is 0 Å². The van der Waals surface area contributed by atoms with Gasteiger partial charge in [-0.05, 0) is 50.9 Å². The van der Waals surface area contributed by atoms with Crippen LogP contribution < -0.4 is 11.3 Å². The summed E-state index contributed by atoms with van der Waals surface area (Å²) in [5.74, 6) is 6.41. The first-order valence-electron chi connectivity index (χ1n) is 7.86. The van der Waals surface area contributed by atoms with Gasteiger partial charge in [-0.2, -0.15) is 0 Å². The molecule has 1 fully saturated rings. The molecule has 21 heavy (non-hydrogen) atoms. The van der Waals surface area contributed by atoms with Crippen molar-refractivity contribution in [2.24, 2.45) is 11.8 Å². The molecule has 0 spiro atoms. The molecule has 3 N–H and O–H groups in total. The first-order chi connectivity index (χ1) is 9.99. The first kappa shape index (κ1) is 16.4. The first-order valence-corrected chi connectivity index (χ1v) is 7.86. The Morgan fingerprint density at radius 1 is 1.43 bits per heavy atom. The predicted octanol–water partition coefficient (Wildman–Crippen LogP) is 2.71. The fourth-order valence-corrected chi connectivity index (χ4v) is 3.89. The zero-order valence-corrected chi connectivity index (χ0v) is 13.4. The maximum atomic E-state index is 14.0. The van der Waals surface area contributed by atoms with Crippen LogP contribution in [0.2, 0.25) is 0 Å². The Hall–Kier alpha value is -0.970. The third-order valence-electron chi connectivity index (χ3n) is 5.13. The molecule has 1 aromatic carbocycles. The van der Waals surface area contributed by atoms with Crippen molar-refractivity contribution < 1.29 is 4.39 Å². The van der Waals surface area contributed by atoms with E-state index in [1.54, 1.807) is 6.07 Å². The number of hydrazine groups is 1. The van der Waals surface area contributed by atoms with E-state index >= 15 is 0 Å². The molecule has 0 heterocycles. The molecule has 1 aromatic rings. The summed E-state index contributed by atoms with van der Waals surface area (Å²) >= 11 is 0. The lowest BCUT2D eigenvalue weighted by Gasteiger charge is -2.50. The van der Waals surface area contributed by atoms with Gasteiger partial charge >= 0.3 is 0 Å². The maximum absolute atomic E-state index is 14.0. The van der Waals surface area contributed by atoms with Gasteiger partial charge in [-0.3, -0.25) is 11.3 Å². The third kappa shape index (κ3) is 3.44. The van der Waals surface area contributed by atoms with Crippen LogP contribution >= 0.6 is 0 Å². The van der Waals surface area contributed by atoms with E-state index in [4.69, 9.17) is 5.84 Å². The number of nitrogens with one attached hydrogen (secondary N) is 1. The van der Waals surface area contributed by atoms with Crippen molar-refractivity contribution in [2.75, 3.05) is 14.1 Å². The Bertz CT molecular complexity index is 463. The lowest BCUT2D eigenvalue weighted by atomic mass is 9.70. The average molecular weight is 293 g/mol. The molecule has 0 saturated heterocycles. The number of nitrogens with two attached hydrogens (primary N) is 1. The largest absolute Gasteiger partial charge is 0.302 e. The van der Waals surface area contributed by atoms with Gasteiger partial charge in [-0.1, -0.05) is 38.0 Å². The summed E-state index contributed by atoms with van der Waals surface area (Å²) in [4.78, 5) is 2.29. The molecule has 3 atom stereocenters. The standard InChI is InChI=1S/C17H28FN3/c1-13-7-6-10-17(12-13,21(2)3)16(20-19)11-14-8-4-5-9-15(14)18/h4-5,8-9,13,16,20H,6-7,10-12,19H2,1-3H3. The lowest BCUT2D eigenvalue weighted by molar-refractivity contribution is 0.0370.